The summed E-state index contributed by atoms with van der Waals surface area (Å²) in [5.41, 5.74) is 2.07. The third-order valence-corrected chi connectivity index (χ3v) is 4.97. The number of sulfonamides is 1. The molecule has 0 unspecified atom stereocenters. The number of benzene rings is 2. The summed E-state index contributed by atoms with van der Waals surface area (Å²) >= 11 is 0. The second-order valence-corrected chi connectivity index (χ2v) is 7.02. The highest BCUT2D eigenvalue weighted by molar-refractivity contribution is 7.89. The van der Waals surface area contributed by atoms with Gasteiger partial charge in [0.2, 0.25) is 10.0 Å². The molecule has 0 atom stereocenters. The lowest BCUT2D eigenvalue weighted by molar-refractivity contribution is -0.385. The summed E-state index contributed by atoms with van der Waals surface area (Å²) in [5.74, 6) is 0. The van der Waals surface area contributed by atoms with Gasteiger partial charge in [-0.1, -0.05) is 30.3 Å². The van der Waals surface area contributed by atoms with Crippen LogP contribution in [0.3, 0.4) is 0 Å². The fourth-order valence-electron chi connectivity index (χ4n) is 2.15. The van der Waals surface area contributed by atoms with Crippen LogP contribution in [0.4, 0.5) is 5.69 Å². The maximum Gasteiger partial charge on any atom is 0.270 e. The molecule has 0 heterocycles. The van der Waals surface area contributed by atoms with Crippen molar-refractivity contribution in [3.63, 3.8) is 0 Å². The Morgan fingerprint density at radius 3 is 2.54 bits per heavy atom. The van der Waals surface area contributed by atoms with Gasteiger partial charge in [-0.3, -0.25) is 10.1 Å². The van der Waals surface area contributed by atoms with Crippen molar-refractivity contribution in [2.24, 2.45) is 0 Å². The topological polar surface area (TPSA) is 101 Å². The highest BCUT2D eigenvalue weighted by Crippen LogP contribution is 2.16. The molecule has 2 aromatic rings. The SMILES string of the molecule is Cc1ccccc1CNCCNS(=O)(=O)c1cccc([N+](=O)[O-])c1. The lowest BCUT2D eigenvalue weighted by Crippen LogP contribution is -2.31. The second-order valence-electron chi connectivity index (χ2n) is 5.26. The van der Waals surface area contributed by atoms with Crippen molar-refractivity contribution in [2.75, 3.05) is 13.1 Å². The lowest BCUT2D eigenvalue weighted by atomic mass is 10.1. The molecule has 128 valence electrons. The van der Waals surface area contributed by atoms with Gasteiger partial charge in [0.15, 0.2) is 0 Å². The Balaban J connectivity index is 1.86. The van der Waals surface area contributed by atoms with Gasteiger partial charge in [-0.2, -0.15) is 0 Å². The van der Waals surface area contributed by atoms with Crippen LogP contribution in [0.2, 0.25) is 0 Å². The minimum absolute atomic E-state index is 0.115. The normalized spacial score (nSPS) is 11.4. The van der Waals surface area contributed by atoms with Gasteiger partial charge in [0.25, 0.3) is 5.69 Å². The van der Waals surface area contributed by atoms with Crippen LogP contribution in [0, 0.1) is 17.0 Å². The number of hydrogen-bond donors (Lipinski definition) is 2. The third kappa shape index (κ3) is 4.85. The van der Waals surface area contributed by atoms with Crippen LogP contribution >= 0.6 is 0 Å². The summed E-state index contributed by atoms with van der Waals surface area (Å²) in [7, 11) is -3.76. The molecule has 0 aromatic heterocycles. The van der Waals surface area contributed by atoms with E-state index in [2.05, 4.69) is 10.0 Å². The molecule has 8 heteroatoms. The van der Waals surface area contributed by atoms with Gasteiger partial charge >= 0.3 is 0 Å². The Labute approximate surface area is 140 Å². The smallest absolute Gasteiger partial charge is 0.270 e. The molecule has 0 aliphatic carbocycles. The lowest BCUT2D eigenvalue weighted by Gasteiger charge is -2.09. The molecule has 0 amide bonds. The average molecular weight is 349 g/mol. The van der Waals surface area contributed by atoms with E-state index in [1.54, 1.807) is 0 Å². The molecule has 0 radical (unpaired) electrons. The molecule has 2 aromatic carbocycles. The summed E-state index contributed by atoms with van der Waals surface area (Å²) in [4.78, 5) is 9.98. The van der Waals surface area contributed by atoms with E-state index < -0.39 is 14.9 Å². The molecule has 2 rings (SSSR count). The van der Waals surface area contributed by atoms with E-state index in [-0.39, 0.29) is 17.1 Å². The van der Waals surface area contributed by atoms with Crippen LogP contribution in [0.15, 0.2) is 53.4 Å². The maximum absolute atomic E-state index is 12.1. The number of nitrogens with zero attached hydrogens (tertiary/aromatic N) is 1. The second kappa shape index (κ2) is 8.00. The fraction of sp³-hybridized carbons (Fsp3) is 0.250. The molecule has 2 N–H and O–H groups in total. The summed E-state index contributed by atoms with van der Waals surface area (Å²) in [6.07, 6.45) is 0. The quantitative estimate of drug-likeness (QED) is 0.431. The summed E-state index contributed by atoms with van der Waals surface area (Å²) < 4.78 is 26.7. The van der Waals surface area contributed by atoms with Crippen LogP contribution in [-0.2, 0) is 16.6 Å². The van der Waals surface area contributed by atoms with E-state index >= 15 is 0 Å². The molecule has 0 aliphatic rings. The molecular formula is C16H19N3O4S. The average Bonchev–Trinajstić information content (AvgIpc) is 2.56. The Morgan fingerprint density at radius 1 is 1.08 bits per heavy atom. The highest BCUT2D eigenvalue weighted by Gasteiger charge is 2.16. The van der Waals surface area contributed by atoms with E-state index in [9.17, 15) is 18.5 Å². The summed E-state index contributed by atoms with van der Waals surface area (Å²) in [5, 5.41) is 13.9. The van der Waals surface area contributed by atoms with Gasteiger partial charge in [0.05, 0.1) is 9.82 Å². The van der Waals surface area contributed by atoms with Gasteiger partial charge in [-0.25, -0.2) is 13.1 Å². The Morgan fingerprint density at radius 2 is 1.83 bits per heavy atom. The molecule has 0 bridgehead atoms. The molecule has 7 nitrogen and oxygen atoms in total. The first-order chi connectivity index (χ1) is 11.4. The first kappa shape index (κ1) is 18.1. The maximum atomic E-state index is 12.1. The minimum Gasteiger partial charge on any atom is -0.311 e. The van der Waals surface area contributed by atoms with Crippen molar-refractivity contribution in [3.8, 4) is 0 Å². The van der Waals surface area contributed by atoms with Gasteiger partial charge in [0, 0.05) is 31.8 Å². The molecule has 24 heavy (non-hydrogen) atoms. The van der Waals surface area contributed by atoms with E-state index in [1.165, 1.54) is 23.8 Å². The van der Waals surface area contributed by atoms with Gasteiger partial charge in [-0.15, -0.1) is 0 Å². The molecule has 0 saturated heterocycles. The van der Waals surface area contributed by atoms with Crippen molar-refractivity contribution in [1.82, 2.24) is 10.0 Å². The predicted molar refractivity (Wildman–Crippen MR) is 91.2 cm³/mol. The summed E-state index contributed by atoms with van der Waals surface area (Å²) in [6.45, 7) is 3.30. The van der Waals surface area contributed by atoms with Gasteiger partial charge in [-0.05, 0) is 24.1 Å². The standard InChI is InChI=1S/C16H19N3O4S/c1-13-5-2-3-6-14(13)12-17-9-10-18-24(22,23)16-8-4-7-15(11-16)19(20)21/h2-8,11,17-18H,9-10,12H2,1H3. The van der Waals surface area contributed by atoms with Crippen molar-refractivity contribution in [2.45, 2.75) is 18.4 Å². The number of nitro groups is 1. The van der Waals surface area contributed by atoms with Crippen LogP contribution in [0.25, 0.3) is 0 Å². The van der Waals surface area contributed by atoms with Gasteiger partial charge < -0.3 is 5.32 Å². The molecule has 0 saturated carbocycles. The van der Waals surface area contributed by atoms with Crippen LogP contribution in [0.1, 0.15) is 11.1 Å². The summed E-state index contributed by atoms with van der Waals surface area (Å²) in [6, 6.07) is 12.9. The number of nitro benzene ring substituents is 1. The molecule has 0 fully saturated rings. The highest BCUT2D eigenvalue weighted by atomic mass is 32.2. The molecule has 0 aliphatic heterocycles. The van der Waals surface area contributed by atoms with E-state index in [4.69, 9.17) is 0 Å². The van der Waals surface area contributed by atoms with Crippen LogP contribution in [0.5, 0.6) is 0 Å². The number of aryl methyl sites for hydroxylation is 1. The van der Waals surface area contributed by atoms with Crippen molar-refractivity contribution < 1.29 is 13.3 Å². The predicted octanol–water partition coefficient (Wildman–Crippen LogP) is 1.97. The zero-order valence-corrected chi connectivity index (χ0v) is 14.0. The molecule has 0 spiro atoms. The first-order valence-corrected chi connectivity index (χ1v) is 8.88. The Kier molecular flexibility index (Phi) is 6.02. The number of rotatable bonds is 8. The zero-order valence-electron chi connectivity index (χ0n) is 13.2. The Bertz CT molecular complexity index is 822. The van der Waals surface area contributed by atoms with Crippen molar-refractivity contribution in [3.05, 3.63) is 69.8 Å². The number of hydrogen-bond acceptors (Lipinski definition) is 5. The van der Waals surface area contributed by atoms with E-state index in [0.717, 1.165) is 11.6 Å². The van der Waals surface area contributed by atoms with Crippen molar-refractivity contribution in [1.29, 1.82) is 0 Å². The third-order valence-electron chi connectivity index (χ3n) is 3.51. The fourth-order valence-corrected chi connectivity index (χ4v) is 3.22. The van der Waals surface area contributed by atoms with E-state index in [0.29, 0.717) is 13.1 Å². The molecular weight excluding hydrogens is 330 g/mol. The zero-order chi connectivity index (χ0) is 17.6. The Hall–Kier alpha value is -2.29. The monoisotopic (exact) mass is 349 g/mol. The van der Waals surface area contributed by atoms with Crippen molar-refractivity contribution >= 4 is 15.7 Å². The van der Waals surface area contributed by atoms with E-state index in [1.807, 2.05) is 31.2 Å². The van der Waals surface area contributed by atoms with Crippen LogP contribution in [-0.4, -0.2) is 26.4 Å². The van der Waals surface area contributed by atoms with Gasteiger partial charge in [0.1, 0.15) is 0 Å². The number of nitrogens with one attached hydrogen (secondary N) is 2. The van der Waals surface area contributed by atoms with Crippen LogP contribution < -0.4 is 10.0 Å². The largest absolute Gasteiger partial charge is 0.311 e. The first-order valence-electron chi connectivity index (χ1n) is 7.39. The number of non-ortho nitro benzene ring substituents is 1. The minimum atomic E-state index is -3.76.